The molecule has 0 amide bonds. The van der Waals surface area contributed by atoms with Gasteiger partial charge >= 0.3 is 0 Å². The predicted molar refractivity (Wildman–Crippen MR) is 295 cm³/mol. The van der Waals surface area contributed by atoms with Crippen LogP contribution in [-0.4, -0.2) is 0 Å². The van der Waals surface area contributed by atoms with Crippen LogP contribution in [0.15, 0.2) is 265 Å². The zero-order valence-electron chi connectivity index (χ0n) is 38.1. The van der Waals surface area contributed by atoms with Crippen molar-refractivity contribution in [2.45, 2.75) is 5.41 Å². The molecule has 0 aliphatic heterocycles. The summed E-state index contributed by atoms with van der Waals surface area (Å²) < 4.78 is 9.31. The van der Waals surface area contributed by atoms with Crippen molar-refractivity contribution in [3.8, 4) is 44.5 Å². The lowest BCUT2D eigenvalue weighted by Gasteiger charge is -2.36. The van der Waals surface area contributed by atoms with Crippen LogP contribution in [0.3, 0.4) is 0 Å². The van der Waals surface area contributed by atoms with Crippen LogP contribution in [0.1, 0.15) is 22.3 Å². The second-order valence-electron chi connectivity index (χ2n) is 18.3. The lowest BCUT2D eigenvalue weighted by atomic mass is 9.65. The maximum atomic E-state index is 6.72. The van der Waals surface area contributed by atoms with Gasteiger partial charge in [0.1, 0.15) is 11.2 Å². The van der Waals surface area contributed by atoms with Crippen molar-refractivity contribution in [2.75, 3.05) is 4.90 Å². The Bertz CT molecular complexity index is 4130. The van der Waals surface area contributed by atoms with Crippen molar-refractivity contribution in [1.29, 1.82) is 0 Å². The second kappa shape index (κ2) is 16.2. The summed E-state index contributed by atoms with van der Waals surface area (Å²) in [7, 11) is 0. The molecule has 328 valence electrons. The van der Waals surface area contributed by atoms with E-state index in [9.17, 15) is 0 Å². The molecule has 0 saturated heterocycles. The fourth-order valence-corrected chi connectivity index (χ4v) is 12.8. The van der Waals surface area contributed by atoms with E-state index in [1.807, 2.05) is 17.4 Å². The van der Waals surface area contributed by atoms with Crippen LogP contribution < -0.4 is 4.90 Å². The fourth-order valence-electron chi connectivity index (χ4n) is 11.5. The molecule has 2 aromatic heterocycles. The molecule has 1 atom stereocenters. The van der Waals surface area contributed by atoms with E-state index in [0.717, 1.165) is 50.1 Å². The first-order valence-electron chi connectivity index (χ1n) is 24.0. The smallest absolute Gasteiger partial charge is 0.143 e. The van der Waals surface area contributed by atoms with Gasteiger partial charge in [-0.25, -0.2) is 0 Å². The van der Waals surface area contributed by atoms with Crippen LogP contribution in [0.4, 0.5) is 17.1 Å². The minimum absolute atomic E-state index is 0.755. The molecule has 1 unspecified atom stereocenters. The predicted octanol–water partition coefficient (Wildman–Crippen LogP) is 18.8. The Morgan fingerprint density at radius 2 is 0.871 bits per heavy atom. The summed E-state index contributed by atoms with van der Waals surface area (Å²) in [5, 5.41) is 4.83. The van der Waals surface area contributed by atoms with Crippen LogP contribution in [0.5, 0.6) is 0 Å². The summed E-state index contributed by atoms with van der Waals surface area (Å²) in [6.45, 7) is 0. The van der Waals surface area contributed by atoms with Crippen molar-refractivity contribution < 1.29 is 4.42 Å². The summed E-state index contributed by atoms with van der Waals surface area (Å²) in [6.07, 6.45) is 0. The molecule has 14 rings (SSSR count). The molecule has 11 aromatic carbocycles. The normalized spacial score (nSPS) is 14.1. The maximum Gasteiger partial charge on any atom is 0.143 e. The Hall–Kier alpha value is -8.76. The summed E-state index contributed by atoms with van der Waals surface area (Å²) >= 11 is 1.89. The standard InChI is InChI=1S/C67H43NOS/c1-3-18-44(19-4-1)45-36-38-49(39-37-45)68(48-22-5-2-6-23-48)50-40-41-54-52-24-7-11-32-60(52)67(62(54)43-50,47-21-15-20-46(42-47)51-28-16-29-57-55-26-9-13-34-63(55)69-65(51)57)61-33-12-8-25-53(61)58-30-17-31-59-56-27-10-14-35-64(56)70-66(58)59/h1-43H. The van der Waals surface area contributed by atoms with Crippen LogP contribution in [-0.2, 0) is 5.41 Å². The van der Waals surface area contributed by atoms with Crippen LogP contribution in [0, 0.1) is 0 Å². The van der Waals surface area contributed by atoms with Crippen molar-refractivity contribution >= 4 is 70.5 Å². The molecule has 1 aliphatic carbocycles. The molecule has 3 heteroatoms. The van der Waals surface area contributed by atoms with Gasteiger partial charge in [0.05, 0.1) is 5.41 Å². The van der Waals surface area contributed by atoms with Gasteiger partial charge in [0.2, 0.25) is 0 Å². The number of furan rings is 1. The minimum atomic E-state index is -0.755. The van der Waals surface area contributed by atoms with E-state index >= 15 is 0 Å². The summed E-state index contributed by atoms with van der Waals surface area (Å²) in [5.74, 6) is 0. The third-order valence-corrected chi connectivity index (χ3v) is 15.8. The van der Waals surface area contributed by atoms with Gasteiger partial charge in [0, 0.05) is 53.6 Å². The number of benzene rings is 11. The highest BCUT2D eigenvalue weighted by Crippen LogP contribution is 2.60. The van der Waals surface area contributed by atoms with Gasteiger partial charge in [0.25, 0.3) is 0 Å². The van der Waals surface area contributed by atoms with Gasteiger partial charge in [-0.3, -0.25) is 0 Å². The molecule has 0 bridgehead atoms. The topological polar surface area (TPSA) is 16.4 Å². The minimum Gasteiger partial charge on any atom is -0.455 e. The molecular formula is C67H43NOS. The average molecular weight is 910 g/mol. The summed E-state index contributed by atoms with van der Waals surface area (Å²) in [6, 6.07) is 95.8. The van der Waals surface area contributed by atoms with Gasteiger partial charge < -0.3 is 9.32 Å². The lowest BCUT2D eigenvalue weighted by molar-refractivity contribution is 0.670. The molecule has 2 nitrogen and oxygen atoms in total. The second-order valence-corrected chi connectivity index (χ2v) is 19.3. The summed E-state index contributed by atoms with van der Waals surface area (Å²) in [5.41, 5.74) is 18.7. The van der Waals surface area contributed by atoms with Gasteiger partial charge in [-0.1, -0.05) is 206 Å². The maximum absolute atomic E-state index is 6.72. The Labute approximate surface area is 410 Å². The molecule has 0 saturated carbocycles. The molecule has 70 heavy (non-hydrogen) atoms. The number of nitrogens with zero attached hydrogens (tertiary/aromatic N) is 1. The highest BCUT2D eigenvalue weighted by atomic mass is 32.1. The number of fused-ring (bicyclic) bond motifs is 9. The van der Waals surface area contributed by atoms with Gasteiger partial charge in [0.15, 0.2) is 0 Å². The molecular weight excluding hydrogens is 867 g/mol. The van der Waals surface area contributed by atoms with E-state index in [1.165, 1.54) is 75.8 Å². The first-order chi connectivity index (χ1) is 34.7. The number of hydrogen-bond donors (Lipinski definition) is 0. The van der Waals surface area contributed by atoms with Gasteiger partial charge in [-0.2, -0.15) is 0 Å². The van der Waals surface area contributed by atoms with Crippen molar-refractivity contribution in [3.05, 3.63) is 283 Å². The average Bonchev–Trinajstić information content (AvgIpc) is 4.11. The monoisotopic (exact) mass is 909 g/mol. The number of para-hydroxylation sites is 3. The largest absolute Gasteiger partial charge is 0.455 e. The van der Waals surface area contributed by atoms with E-state index in [-0.39, 0.29) is 0 Å². The van der Waals surface area contributed by atoms with E-state index in [2.05, 4.69) is 260 Å². The van der Waals surface area contributed by atoms with E-state index in [1.54, 1.807) is 0 Å². The number of hydrogen-bond acceptors (Lipinski definition) is 3. The molecule has 0 N–H and O–H groups in total. The molecule has 13 aromatic rings. The third kappa shape index (κ3) is 6.19. The van der Waals surface area contributed by atoms with Gasteiger partial charge in [-0.05, 0) is 116 Å². The quantitative estimate of drug-likeness (QED) is 0.151. The number of anilines is 3. The zero-order valence-corrected chi connectivity index (χ0v) is 38.9. The Kier molecular flexibility index (Phi) is 9.33. The Balaban J connectivity index is 1.06. The van der Waals surface area contributed by atoms with E-state index in [4.69, 9.17) is 4.42 Å². The van der Waals surface area contributed by atoms with E-state index in [0.29, 0.717) is 0 Å². The van der Waals surface area contributed by atoms with Gasteiger partial charge in [-0.15, -0.1) is 11.3 Å². The molecule has 1 aliphatic rings. The molecule has 0 spiro atoms. The van der Waals surface area contributed by atoms with E-state index < -0.39 is 5.41 Å². The summed E-state index contributed by atoms with van der Waals surface area (Å²) in [4.78, 5) is 2.41. The number of thiophene rings is 1. The highest BCUT2D eigenvalue weighted by Gasteiger charge is 2.48. The zero-order chi connectivity index (χ0) is 46.2. The Morgan fingerprint density at radius 1 is 0.329 bits per heavy atom. The molecule has 0 fully saturated rings. The number of rotatable bonds is 8. The molecule has 2 heterocycles. The molecule has 0 radical (unpaired) electrons. The SMILES string of the molecule is c1ccc(-c2ccc(N(c3ccccc3)c3ccc4c(c3)C(c3cccc(-c5cccc6c5oc5ccccc56)c3)(c3ccccc3-c3cccc5c3sc3ccccc35)c3ccccc3-4)cc2)cc1. The van der Waals surface area contributed by atoms with Crippen molar-refractivity contribution in [2.24, 2.45) is 0 Å². The Morgan fingerprint density at radius 3 is 1.67 bits per heavy atom. The highest BCUT2D eigenvalue weighted by molar-refractivity contribution is 7.26. The first-order valence-corrected chi connectivity index (χ1v) is 24.8. The lowest BCUT2D eigenvalue weighted by Crippen LogP contribution is -2.29. The van der Waals surface area contributed by atoms with Crippen LogP contribution in [0.25, 0.3) is 86.6 Å². The van der Waals surface area contributed by atoms with Crippen molar-refractivity contribution in [1.82, 2.24) is 0 Å². The van der Waals surface area contributed by atoms with Crippen LogP contribution >= 0.6 is 11.3 Å². The van der Waals surface area contributed by atoms with Crippen molar-refractivity contribution in [3.63, 3.8) is 0 Å². The first kappa shape index (κ1) is 40.3. The third-order valence-electron chi connectivity index (χ3n) is 14.6. The van der Waals surface area contributed by atoms with Crippen LogP contribution in [0.2, 0.25) is 0 Å². The fraction of sp³-hybridized carbons (Fsp3) is 0.0149.